The van der Waals surface area contributed by atoms with Crippen LogP contribution in [0.5, 0.6) is 0 Å². The van der Waals surface area contributed by atoms with Gasteiger partial charge in [0.25, 0.3) is 0 Å². The average molecular weight is 736 g/mol. The minimum atomic E-state index is 0.986. The summed E-state index contributed by atoms with van der Waals surface area (Å²) >= 11 is 0. The summed E-state index contributed by atoms with van der Waals surface area (Å²) in [5.41, 5.74) is 16.4. The molecule has 3 heteroatoms. The summed E-state index contributed by atoms with van der Waals surface area (Å²) < 4.78 is 4.80. The molecular weight excluding hydrogens is 703 g/mol. The minimum absolute atomic E-state index is 0.986. The number of hydrogen-bond donors (Lipinski definition) is 0. The third kappa shape index (κ3) is 4.47. The number of para-hydroxylation sites is 3. The second-order valence-electron chi connectivity index (χ2n) is 15.6. The van der Waals surface area contributed by atoms with Crippen molar-refractivity contribution in [3.05, 3.63) is 200 Å². The second kappa shape index (κ2) is 11.9. The van der Waals surface area contributed by atoms with Crippen LogP contribution in [0, 0.1) is 0 Å². The SMILES string of the molecule is c1ccc(-n2c3ccccc3c3cc4cc(-c5ccc6c(c5)c5ccccc5n6-c5cccc(-c6cc7cccc8c7c(n6)-c6ccccc6-8)c5)ccc4cc32)cc1. The molecule has 0 amide bonds. The lowest BCUT2D eigenvalue weighted by Gasteiger charge is -2.12. The van der Waals surface area contributed by atoms with Crippen molar-refractivity contribution in [2.45, 2.75) is 0 Å². The number of fused-ring (bicyclic) bond motifs is 10. The van der Waals surface area contributed by atoms with Crippen LogP contribution >= 0.6 is 0 Å². The van der Waals surface area contributed by atoms with Gasteiger partial charge in [-0.1, -0.05) is 127 Å². The first kappa shape index (κ1) is 31.5. The first-order valence-electron chi connectivity index (χ1n) is 20.0. The predicted molar refractivity (Wildman–Crippen MR) is 243 cm³/mol. The molecule has 13 rings (SSSR count). The van der Waals surface area contributed by atoms with E-state index in [0.29, 0.717) is 0 Å². The van der Waals surface area contributed by atoms with Crippen LogP contribution in [-0.2, 0) is 0 Å². The summed E-state index contributed by atoms with van der Waals surface area (Å²) in [5, 5.41) is 9.94. The molecule has 0 spiro atoms. The van der Waals surface area contributed by atoms with Crippen LogP contribution in [0.3, 0.4) is 0 Å². The van der Waals surface area contributed by atoms with E-state index in [1.165, 1.54) is 98.7 Å². The van der Waals surface area contributed by atoms with Crippen LogP contribution in [0.4, 0.5) is 0 Å². The normalized spacial score (nSPS) is 12.1. The first-order chi connectivity index (χ1) is 28.7. The molecule has 0 saturated carbocycles. The summed E-state index contributed by atoms with van der Waals surface area (Å²) in [4.78, 5) is 5.33. The Hall–Kier alpha value is -7.75. The van der Waals surface area contributed by atoms with Crippen molar-refractivity contribution in [3.8, 4) is 56.1 Å². The van der Waals surface area contributed by atoms with Crippen LogP contribution in [-0.4, -0.2) is 14.1 Å². The summed E-state index contributed by atoms with van der Waals surface area (Å²) in [7, 11) is 0. The van der Waals surface area contributed by atoms with E-state index in [-0.39, 0.29) is 0 Å². The number of pyridine rings is 1. The quantitative estimate of drug-likeness (QED) is 0.176. The Balaban J connectivity index is 0.938. The molecule has 0 saturated heterocycles. The molecule has 0 N–H and O–H groups in total. The van der Waals surface area contributed by atoms with Crippen LogP contribution < -0.4 is 0 Å². The highest BCUT2D eigenvalue weighted by Crippen LogP contribution is 2.47. The number of rotatable bonds is 4. The second-order valence-corrected chi connectivity index (χ2v) is 15.6. The van der Waals surface area contributed by atoms with Gasteiger partial charge >= 0.3 is 0 Å². The Kier molecular flexibility index (Phi) is 6.44. The van der Waals surface area contributed by atoms with E-state index in [1.54, 1.807) is 0 Å². The number of nitrogens with zero attached hydrogens (tertiary/aromatic N) is 3. The van der Waals surface area contributed by atoms with Gasteiger partial charge in [-0.15, -0.1) is 0 Å². The van der Waals surface area contributed by atoms with Crippen LogP contribution in [0.2, 0.25) is 0 Å². The van der Waals surface area contributed by atoms with Crippen LogP contribution in [0.15, 0.2) is 200 Å². The van der Waals surface area contributed by atoms with Crippen LogP contribution in [0.25, 0.3) is 121 Å². The van der Waals surface area contributed by atoms with E-state index in [0.717, 1.165) is 22.6 Å². The predicted octanol–water partition coefficient (Wildman–Crippen LogP) is 14.6. The Morgan fingerprint density at radius 3 is 1.79 bits per heavy atom. The Labute approximate surface area is 334 Å². The maximum Gasteiger partial charge on any atom is 0.0800 e. The van der Waals surface area contributed by atoms with E-state index in [9.17, 15) is 0 Å². The topological polar surface area (TPSA) is 22.8 Å². The van der Waals surface area contributed by atoms with Crippen molar-refractivity contribution in [1.29, 1.82) is 0 Å². The van der Waals surface area contributed by atoms with Crippen molar-refractivity contribution < 1.29 is 0 Å². The van der Waals surface area contributed by atoms with E-state index < -0.39 is 0 Å². The summed E-state index contributed by atoms with van der Waals surface area (Å²) in [5.74, 6) is 0. The maximum absolute atomic E-state index is 5.33. The highest BCUT2D eigenvalue weighted by atomic mass is 15.0. The fourth-order valence-electron chi connectivity index (χ4n) is 9.78. The van der Waals surface area contributed by atoms with Gasteiger partial charge in [0.15, 0.2) is 0 Å². The molecule has 0 atom stereocenters. The molecule has 1 aliphatic rings. The average Bonchev–Trinajstić information content (AvgIpc) is 3.91. The lowest BCUT2D eigenvalue weighted by Crippen LogP contribution is -1.95. The zero-order valence-electron chi connectivity index (χ0n) is 31.4. The van der Waals surface area contributed by atoms with E-state index in [2.05, 4.69) is 209 Å². The van der Waals surface area contributed by atoms with Crippen molar-refractivity contribution in [1.82, 2.24) is 14.1 Å². The molecule has 58 heavy (non-hydrogen) atoms. The van der Waals surface area contributed by atoms with E-state index >= 15 is 0 Å². The fourth-order valence-corrected chi connectivity index (χ4v) is 9.78. The third-order valence-corrected chi connectivity index (χ3v) is 12.4. The van der Waals surface area contributed by atoms with Gasteiger partial charge in [-0.3, -0.25) is 0 Å². The van der Waals surface area contributed by atoms with Gasteiger partial charge in [0.05, 0.1) is 33.5 Å². The van der Waals surface area contributed by atoms with Gasteiger partial charge in [-0.05, 0) is 111 Å². The molecule has 12 aromatic rings. The molecule has 0 radical (unpaired) electrons. The van der Waals surface area contributed by atoms with Gasteiger partial charge in [0.2, 0.25) is 0 Å². The van der Waals surface area contributed by atoms with Crippen molar-refractivity contribution in [2.75, 3.05) is 0 Å². The summed E-state index contributed by atoms with van der Waals surface area (Å²) in [6, 6.07) is 73.2. The van der Waals surface area contributed by atoms with E-state index in [1.807, 2.05) is 0 Å². The molecule has 268 valence electrons. The first-order valence-corrected chi connectivity index (χ1v) is 20.0. The standard InChI is InChI=1S/C55H33N3/c1-2-14-40(15-3-1)57-50-22-8-7-19-44(50)48-31-39-28-34(24-25-36(39)33-53(48)57)35-26-27-52-47(30-35)43-18-6-9-23-51(43)58(52)41-16-10-12-37(29-41)49-32-38-13-11-21-45-42-17-4-5-20-46(42)55(56-49)54(38)45/h1-33H. The lowest BCUT2D eigenvalue weighted by molar-refractivity contribution is 1.18. The monoisotopic (exact) mass is 735 g/mol. The molecule has 3 aromatic heterocycles. The fraction of sp³-hybridized carbons (Fsp3) is 0. The molecule has 0 aliphatic heterocycles. The molecular formula is C55H33N3. The molecule has 0 unspecified atom stereocenters. The number of benzene rings is 9. The highest BCUT2D eigenvalue weighted by Gasteiger charge is 2.23. The van der Waals surface area contributed by atoms with Crippen molar-refractivity contribution in [2.24, 2.45) is 0 Å². The molecule has 0 bridgehead atoms. The number of hydrogen-bond acceptors (Lipinski definition) is 1. The molecule has 1 aliphatic carbocycles. The lowest BCUT2D eigenvalue weighted by atomic mass is 9.98. The third-order valence-electron chi connectivity index (χ3n) is 12.4. The smallest absolute Gasteiger partial charge is 0.0800 e. The van der Waals surface area contributed by atoms with Crippen LogP contribution in [0.1, 0.15) is 0 Å². The molecule has 3 nitrogen and oxygen atoms in total. The number of aromatic nitrogens is 3. The Morgan fingerprint density at radius 1 is 0.310 bits per heavy atom. The summed E-state index contributed by atoms with van der Waals surface area (Å²) in [6.07, 6.45) is 0. The maximum atomic E-state index is 5.33. The Morgan fingerprint density at radius 2 is 0.948 bits per heavy atom. The zero-order chi connectivity index (χ0) is 37.9. The van der Waals surface area contributed by atoms with E-state index in [4.69, 9.17) is 4.98 Å². The Bertz CT molecular complexity index is 3680. The van der Waals surface area contributed by atoms with Gasteiger partial charge < -0.3 is 9.13 Å². The van der Waals surface area contributed by atoms with Gasteiger partial charge in [-0.2, -0.15) is 0 Å². The largest absolute Gasteiger partial charge is 0.309 e. The summed E-state index contributed by atoms with van der Waals surface area (Å²) in [6.45, 7) is 0. The van der Waals surface area contributed by atoms with Gasteiger partial charge in [0.1, 0.15) is 0 Å². The van der Waals surface area contributed by atoms with Crippen molar-refractivity contribution >= 4 is 65.2 Å². The van der Waals surface area contributed by atoms with Gasteiger partial charge in [0, 0.05) is 49.4 Å². The highest BCUT2D eigenvalue weighted by molar-refractivity contribution is 6.16. The molecule has 3 heterocycles. The van der Waals surface area contributed by atoms with Crippen molar-refractivity contribution in [3.63, 3.8) is 0 Å². The van der Waals surface area contributed by atoms with Gasteiger partial charge in [-0.25, -0.2) is 4.98 Å². The minimum Gasteiger partial charge on any atom is -0.309 e. The molecule has 0 fully saturated rings. The molecule has 9 aromatic carbocycles. The zero-order valence-corrected chi connectivity index (χ0v) is 31.4.